The number of hydrogen-bond acceptors (Lipinski definition) is 2. The molecule has 1 fully saturated rings. The Labute approximate surface area is 131 Å². The van der Waals surface area contributed by atoms with Crippen LogP contribution < -0.4 is 10.1 Å². The van der Waals surface area contributed by atoms with Crippen LogP contribution in [-0.2, 0) is 4.79 Å². The van der Waals surface area contributed by atoms with Gasteiger partial charge >= 0.3 is 0 Å². The van der Waals surface area contributed by atoms with E-state index in [0.29, 0.717) is 5.92 Å². The Morgan fingerprint density at radius 2 is 1.82 bits per heavy atom. The van der Waals surface area contributed by atoms with Crippen LogP contribution in [0, 0.1) is 12.8 Å². The fourth-order valence-electron chi connectivity index (χ4n) is 2.64. The number of para-hydroxylation sites is 1. The Balaban J connectivity index is 1.59. The van der Waals surface area contributed by atoms with Crippen molar-refractivity contribution in [3.8, 4) is 5.75 Å². The van der Waals surface area contributed by atoms with Gasteiger partial charge in [-0.2, -0.15) is 0 Å². The van der Waals surface area contributed by atoms with Gasteiger partial charge < -0.3 is 10.1 Å². The minimum absolute atomic E-state index is 0.0565. The predicted octanol–water partition coefficient (Wildman–Crippen LogP) is 3.64. The lowest BCUT2D eigenvalue weighted by molar-refractivity contribution is -0.124. The Morgan fingerprint density at radius 3 is 2.50 bits per heavy atom. The first-order valence-electron chi connectivity index (χ1n) is 7.77. The molecule has 2 aromatic carbocycles. The summed E-state index contributed by atoms with van der Waals surface area (Å²) >= 11 is 0. The topological polar surface area (TPSA) is 38.3 Å². The minimum atomic E-state index is -0.0657. The van der Waals surface area contributed by atoms with Crippen molar-refractivity contribution < 1.29 is 9.53 Å². The number of amides is 1. The third kappa shape index (κ3) is 3.67. The summed E-state index contributed by atoms with van der Waals surface area (Å²) in [5, 5.41) is 3.12. The van der Waals surface area contributed by atoms with E-state index in [2.05, 4.69) is 17.4 Å². The Kier molecular flexibility index (Phi) is 4.42. The molecule has 1 N–H and O–H groups in total. The summed E-state index contributed by atoms with van der Waals surface area (Å²) < 4.78 is 5.62. The molecular weight excluding hydrogens is 274 g/mol. The highest BCUT2D eigenvalue weighted by molar-refractivity contribution is 5.78. The first-order valence-corrected chi connectivity index (χ1v) is 7.77. The molecule has 1 aliphatic rings. The number of carbonyl (C=O) groups is 1. The molecule has 22 heavy (non-hydrogen) atoms. The summed E-state index contributed by atoms with van der Waals surface area (Å²) in [6.45, 7) is 2.03. The van der Waals surface area contributed by atoms with Crippen LogP contribution in [0.5, 0.6) is 5.75 Å². The van der Waals surface area contributed by atoms with E-state index in [1.165, 1.54) is 18.4 Å². The standard InChI is InChI=1S/C19H21NO2/c1-14-7-5-6-10-17(14)22-13-18(21)20-19(16-11-12-16)15-8-3-2-4-9-15/h2-10,16,19H,11-13H2,1H3,(H,20,21). The molecular formula is C19H21NO2. The number of aryl methyl sites for hydroxylation is 1. The van der Waals surface area contributed by atoms with E-state index in [0.717, 1.165) is 11.3 Å². The van der Waals surface area contributed by atoms with Crippen molar-refractivity contribution in [2.45, 2.75) is 25.8 Å². The smallest absolute Gasteiger partial charge is 0.258 e. The number of ether oxygens (including phenoxy) is 1. The van der Waals surface area contributed by atoms with Crippen LogP contribution >= 0.6 is 0 Å². The monoisotopic (exact) mass is 295 g/mol. The van der Waals surface area contributed by atoms with Crippen molar-refractivity contribution >= 4 is 5.91 Å². The summed E-state index contributed by atoms with van der Waals surface area (Å²) in [6, 6.07) is 18.0. The zero-order valence-corrected chi connectivity index (χ0v) is 12.8. The van der Waals surface area contributed by atoms with Crippen LogP contribution in [0.15, 0.2) is 54.6 Å². The van der Waals surface area contributed by atoms with E-state index in [1.807, 2.05) is 49.4 Å². The van der Waals surface area contributed by atoms with Crippen LogP contribution in [0.1, 0.15) is 30.0 Å². The minimum Gasteiger partial charge on any atom is -0.484 e. The van der Waals surface area contributed by atoms with Crippen molar-refractivity contribution in [2.75, 3.05) is 6.61 Å². The molecule has 0 radical (unpaired) electrons. The third-order valence-corrected chi connectivity index (χ3v) is 4.02. The first-order chi connectivity index (χ1) is 10.7. The lowest BCUT2D eigenvalue weighted by atomic mass is 10.0. The van der Waals surface area contributed by atoms with Crippen LogP contribution in [0.4, 0.5) is 0 Å². The maximum absolute atomic E-state index is 12.2. The van der Waals surface area contributed by atoms with Gasteiger partial charge in [-0.15, -0.1) is 0 Å². The Bertz CT molecular complexity index is 635. The van der Waals surface area contributed by atoms with E-state index in [-0.39, 0.29) is 18.6 Å². The van der Waals surface area contributed by atoms with Gasteiger partial charge in [0.15, 0.2) is 6.61 Å². The Hall–Kier alpha value is -2.29. The van der Waals surface area contributed by atoms with E-state index in [9.17, 15) is 4.79 Å². The van der Waals surface area contributed by atoms with Crippen LogP contribution in [0.25, 0.3) is 0 Å². The van der Waals surface area contributed by atoms with Gasteiger partial charge in [0.2, 0.25) is 0 Å². The summed E-state index contributed by atoms with van der Waals surface area (Å²) in [6.07, 6.45) is 2.36. The molecule has 3 rings (SSSR count). The van der Waals surface area contributed by atoms with Gasteiger partial charge in [-0.1, -0.05) is 48.5 Å². The molecule has 0 saturated heterocycles. The molecule has 1 atom stereocenters. The molecule has 1 unspecified atom stereocenters. The molecule has 114 valence electrons. The van der Waals surface area contributed by atoms with Gasteiger partial charge in [-0.25, -0.2) is 0 Å². The van der Waals surface area contributed by atoms with Crippen molar-refractivity contribution in [2.24, 2.45) is 5.92 Å². The predicted molar refractivity (Wildman–Crippen MR) is 86.7 cm³/mol. The molecule has 0 bridgehead atoms. The van der Waals surface area contributed by atoms with E-state index in [1.54, 1.807) is 0 Å². The maximum atomic E-state index is 12.2. The molecule has 3 heteroatoms. The second-order valence-corrected chi connectivity index (χ2v) is 5.85. The number of rotatable bonds is 6. The number of nitrogens with one attached hydrogen (secondary N) is 1. The van der Waals surface area contributed by atoms with Crippen molar-refractivity contribution in [1.82, 2.24) is 5.32 Å². The lowest BCUT2D eigenvalue weighted by Gasteiger charge is -2.19. The lowest BCUT2D eigenvalue weighted by Crippen LogP contribution is -2.33. The van der Waals surface area contributed by atoms with Gasteiger partial charge in [0, 0.05) is 0 Å². The van der Waals surface area contributed by atoms with Crippen LogP contribution in [0.3, 0.4) is 0 Å². The summed E-state index contributed by atoms with van der Waals surface area (Å²) in [7, 11) is 0. The van der Waals surface area contributed by atoms with E-state index < -0.39 is 0 Å². The number of hydrogen-bond donors (Lipinski definition) is 1. The molecule has 0 aromatic heterocycles. The second kappa shape index (κ2) is 6.65. The fraction of sp³-hybridized carbons (Fsp3) is 0.316. The van der Waals surface area contributed by atoms with Gasteiger partial charge in [0.25, 0.3) is 5.91 Å². The molecule has 1 amide bonds. The number of carbonyl (C=O) groups excluding carboxylic acids is 1. The summed E-state index contributed by atoms with van der Waals surface area (Å²) in [5.74, 6) is 1.26. The Morgan fingerprint density at radius 1 is 1.14 bits per heavy atom. The fourth-order valence-corrected chi connectivity index (χ4v) is 2.64. The van der Waals surface area contributed by atoms with Crippen LogP contribution in [-0.4, -0.2) is 12.5 Å². The van der Waals surface area contributed by atoms with Crippen LogP contribution in [0.2, 0.25) is 0 Å². The average Bonchev–Trinajstić information content (AvgIpc) is 3.37. The van der Waals surface area contributed by atoms with Gasteiger partial charge in [-0.05, 0) is 42.9 Å². The SMILES string of the molecule is Cc1ccccc1OCC(=O)NC(c1ccccc1)C1CC1. The largest absolute Gasteiger partial charge is 0.484 e. The van der Waals surface area contributed by atoms with E-state index >= 15 is 0 Å². The third-order valence-electron chi connectivity index (χ3n) is 4.02. The highest BCUT2D eigenvalue weighted by Gasteiger charge is 2.33. The second-order valence-electron chi connectivity index (χ2n) is 5.85. The highest BCUT2D eigenvalue weighted by Crippen LogP contribution is 2.40. The molecule has 0 spiro atoms. The summed E-state index contributed by atoms with van der Waals surface area (Å²) in [4.78, 5) is 12.2. The molecule has 1 saturated carbocycles. The first kappa shape index (κ1) is 14.6. The summed E-state index contributed by atoms with van der Waals surface area (Å²) in [5.41, 5.74) is 2.21. The molecule has 2 aromatic rings. The van der Waals surface area contributed by atoms with Crippen molar-refractivity contribution in [3.63, 3.8) is 0 Å². The molecule has 1 aliphatic carbocycles. The highest BCUT2D eigenvalue weighted by atomic mass is 16.5. The van der Waals surface area contributed by atoms with Gasteiger partial charge in [0.1, 0.15) is 5.75 Å². The normalized spacial score (nSPS) is 15.1. The van der Waals surface area contributed by atoms with Crippen molar-refractivity contribution in [1.29, 1.82) is 0 Å². The maximum Gasteiger partial charge on any atom is 0.258 e. The molecule has 0 aliphatic heterocycles. The van der Waals surface area contributed by atoms with E-state index in [4.69, 9.17) is 4.74 Å². The average molecular weight is 295 g/mol. The quantitative estimate of drug-likeness (QED) is 0.883. The molecule has 0 heterocycles. The molecule has 3 nitrogen and oxygen atoms in total. The van der Waals surface area contributed by atoms with Gasteiger partial charge in [-0.3, -0.25) is 4.79 Å². The van der Waals surface area contributed by atoms with Crippen molar-refractivity contribution in [3.05, 3.63) is 65.7 Å². The zero-order chi connectivity index (χ0) is 15.4. The number of benzene rings is 2. The van der Waals surface area contributed by atoms with Gasteiger partial charge in [0.05, 0.1) is 6.04 Å². The zero-order valence-electron chi connectivity index (χ0n) is 12.8.